The molecule has 5 aromatic carbocycles. The minimum atomic E-state index is -2.15. The van der Waals surface area contributed by atoms with E-state index in [1.807, 2.05) is 106 Å². The quantitative estimate of drug-likeness (QED) is 0.118. The average molecular weight is 904 g/mol. The van der Waals surface area contributed by atoms with E-state index in [0.29, 0.717) is 5.69 Å². The summed E-state index contributed by atoms with van der Waals surface area (Å²) in [5.41, 5.74) is 9.98. The Morgan fingerprint density at radius 1 is 0.722 bits per heavy atom. The molecule has 8 rings (SSSR count). The van der Waals surface area contributed by atoms with Gasteiger partial charge in [0.15, 0.2) is 0 Å². The van der Waals surface area contributed by atoms with Crippen LogP contribution in [0, 0.1) is 19.0 Å². The van der Waals surface area contributed by atoms with Crippen LogP contribution in [0.15, 0.2) is 144 Å². The number of hydrogen-bond acceptors (Lipinski definition) is 3. The molecule has 54 heavy (non-hydrogen) atoms. The van der Waals surface area contributed by atoms with E-state index in [2.05, 4.69) is 72.1 Å². The first-order valence-corrected chi connectivity index (χ1v) is 21.4. The Bertz CT molecular complexity index is 2700. The Labute approximate surface area is 341 Å². The van der Waals surface area contributed by atoms with Gasteiger partial charge in [-0.2, -0.15) is 0 Å². The molecule has 3 nitrogen and oxygen atoms in total. The molecule has 1 atom stereocenters. The van der Waals surface area contributed by atoms with Gasteiger partial charge in [-0.25, -0.2) is 0 Å². The van der Waals surface area contributed by atoms with Crippen LogP contribution in [0.1, 0.15) is 61.7 Å². The fourth-order valence-corrected chi connectivity index (χ4v) is 8.08. The van der Waals surface area contributed by atoms with Crippen LogP contribution in [-0.2, 0) is 20.1 Å². The second-order valence-electron chi connectivity index (χ2n) is 14.6. The second kappa shape index (κ2) is 16.6. The van der Waals surface area contributed by atoms with Gasteiger partial charge in [-0.05, 0) is 56.9 Å². The van der Waals surface area contributed by atoms with Crippen LogP contribution in [0.5, 0.6) is 0 Å². The van der Waals surface area contributed by atoms with E-state index in [1.165, 1.54) is 6.07 Å². The van der Waals surface area contributed by atoms with Crippen molar-refractivity contribution in [2.75, 3.05) is 0 Å². The van der Waals surface area contributed by atoms with Crippen molar-refractivity contribution in [3.05, 3.63) is 174 Å². The minimum Gasteiger partial charge on any atom is -0.501 e. The molecule has 0 aliphatic rings. The Morgan fingerprint density at radius 3 is 2.17 bits per heavy atom. The second-order valence-corrected chi connectivity index (χ2v) is 19.6. The monoisotopic (exact) mass is 904 g/mol. The standard InChI is InChI=1S/C26H20NO.C23H26NSi.Ir/c1-17(2)19-13-14-27-24(15-19)23-10-6-9-22-21-12-11-20(16-25(21)28-26(22)23)18-7-4-3-5-8-18;1-17-11-13-20(14-12-17)22-15-21(23(16-24-22)25(3,4)5)18(2)19-9-7-6-8-10-19;/h3-9,11-17H,1-2H3;6-13,15-16,18H,1-5H3;/q2*-1;/i17D;1D3,18D;. The Hall–Kier alpha value is -4.93. The van der Waals surface area contributed by atoms with Crippen LogP contribution in [0.25, 0.3) is 55.6 Å². The van der Waals surface area contributed by atoms with Gasteiger partial charge in [0.1, 0.15) is 5.58 Å². The van der Waals surface area contributed by atoms with Crippen LogP contribution in [-0.4, -0.2) is 18.0 Å². The molecule has 0 spiro atoms. The molecule has 5 heteroatoms. The van der Waals surface area contributed by atoms with Crippen molar-refractivity contribution < 1.29 is 31.4 Å². The van der Waals surface area contributed by atoms with Crippen LogP contribution in [0.2, 0.25) is 19.6 Å². The summed E-state index contributed by atoms with van der Waals surface area (Å²) in [4.78, 5) is 9.19. The number of furan rings is 1. The smallest absolute Gasteiger partial charge is 0.121 e. The molecular formula is C49H46IrN2OSi-2. The van der Waals surface area contributed by atoms with Gasteiger partial charge in [-0.3, -0.25) is 0 Å². The summed E-state index contributed by atoms with van der Waals surface area (Å²) < 4.78 is 46.4. The Balaban J connectivity index is 0.000000195. The van der Waals surface area contributed by atoms with Crippen molar-refractivity contribution >= 4 is 35.2 Å². The molecule has 0 fully saturated rings. The van der Waals surface area contributed by atoms with Crippen molar-refractivity contribution in [3.8, 4) is 33.6 Å². The third-order valence-electron chi connectivity index (χ3n) is 9.55. The van der Waals surface area contributed by atoms with Crippen molar-refractivity contribution in [1.82, 2.24) is 9.97 Å². The summed E-state index contributed by atoms with van der Waals surface area (Å²) in [5, 5.41) is 3.28. The van der Waals surface area contributed by atoms with Gasteiger partial charge in [0.2, 0.25) is 0 Å². The summed E-state index contributed by atoms with van der Waals surface area (Å²) in [7, 11) is -1.75. The normalized spacial score (nSPS) is 14.3. The van der Waals surface area contributed by atoms with E-state index in [9.17, 15) is 1.37 Å². The minimum absolute atomic E-state index is 0. The van der Waals surface area contributed by atoms with E-state index >= 15 is 0 Å². The first-order chi connectivity index (χ1) is 27.4. The van der Waals surface area contributed by atoms with E-state index in [-0.39, 0.29) is 25.7 Å². The predicted molar refractivity (Wildman–Crippen MR) is 225 cm³/mol. The first kappa shape index (κ1) is 32.5. The number of hydrogen-bond donors (Lipinski definition) is 0. The topological polar surface area (TPSA) is 38.9 Å². The number of aryl methyl sites for hydroxylation is 1. The Morgan fingerprint density at radius 2 is 1.48 bits per heavy atom. The molecule has 0 amide bonds. The van der Waals surface area contributed by atoms with Gasteiger partial charge in [0.05, 0.1) is 13.7 Å². The van der Waals surface area contributed by atoms with E-state index < -0.39 is 26.7 Å². The third-order valence-corrected chi connectivity index (χ3v) is 11.6. The van der Waals surface area contributed by atoms with E-state index in [4.69, 9.17) is 9.90 Å². The van der Waals surface area contributed by atoms with Crippen LogP contribution in [0.3, 0.4) is 0 Å². The molecule has 0 saturated heterocycles. The average Bonchev–Trinajstić information content (AvgIpc) is 3.59. The molecule has 273 valence electrons. The zero-order valence-electron chi connectivity index (χ0n) is 36.4. The van der Waals surface area contributed by atoms with Crippen LogP contribution < -0.4 is 5.19 Å². The molecule has 1 unspecified atom stereocenters. The molecule has 1 radical (unpaired) electrons. The van der Waals surface area contributed by atoms with Gasteiger partial charge in [-0.15, -0.1) is 53.6 Å². The predicted octanol–water partition coefficient (Wildman–Crippen LogP) is 12.8. The summed E-state index contributed by atoms with van der Waals surface area (Å²) in [6.45, 7) is 10.3. The largest absolute Gasteiger partial charge is 0.501 e. The first-order valence-electron chi connectivity index (χ1n) is 20.4. The number of rotatable bonds is 7. The molecule has 8 aromatic rings. The number of pyridine rings is 2. The maximum Gasteiger partial charge on any atom is 0.121 e. The van der Waals surface area contributed by atoms with Crippen LogP contribution in [0.4, 0.5) is 0 Å². The molecular weight excluding hydrogens is 853 g/mol. The van der Waals surface area contributed by atoms with Crippen molar-refractivity contribution in [2.45, 2.75) is 59.1 Å². The van der Waals surface area contributed by atoms with Gasteiger partial charge in [-0.1, -0.05) is 149 Å². The summed E-state index contributed by atoms with van der Waals surface area (Å²) in [6.07, 6.45) is 3.65. The molecule has 0 bridgehead atoms. The molecule has 0 saturated carbocycles. The summed E-state index contributed by atoms with van der Waals surface area (Å²) in [6, 6.07) is 47.5. The van der Waals surface area contributed by atoms with E-state index in [0.717, 1.165) is 71.8 Å². The SMILES string of the molecule is [2H]C(C)(C)c1ccnc(-c2[c-]ccc3c2oc2cc(-c4ccccc4)ccc23)c1.[2H]C([2H])([2H])c1c[c-]c(-c2cc(C([2H])(C)c3ccccc3)c([Si](C)(C)C)cn2)cc1.[Ir]. The van der Waals surface area contributed by atoms with Crippen LogP contribution >= 0.6 is 0 Å². The number of nitrogens with zero attached hydrogens (tertiary/aromatic N) is 2. The van der Waals surface area contributed by atoms with Crippen molar-refractivity contribution in [3.63, 3.8) is 0 Å². The third kappa shape index (κ3) is 8.40. The van der Waals surface area contributed by atoms with Gasteiger partial charge in [0, 0.05) is 50.6 Å². The van der Waals surface area contributed by atoms with Gasteiger partial charge < -0.3 is 14.4 Å². The molecule has 0 aliphatic carbocycles. The number of fused-ring (bicyclic) bond motifs is 3. The number of benzene rings is 5. The van der Waals surface area contributed by atoms with Gasteiger partial charge >= 0.3 is 0 Å². The summed E-state index contributed by atoms with van der Waals surface area (Å²) >= 11 is 0. The fraction of sp³-hybridized carbons (Fsp3) is 0.184. The molecule has 3 heterocycles. The molecule has 0 N–H and O–H groups in total. The fourth-order valence-electron chi connectivity index (χ4n) is 6.56. The molecule has 0 aliphatic heterocycles. The van der Waals surface area contributed by atoms with Crippen molar-refractivity contribution in [1.29, 1.82) is 0 Å². The maximum atomic E-state index is 9.21. The maximum absolute atomic E-state index is 9.21. The Kier molecular flexibility index (Phi) is 9.99. The molecule has 3 aromatic heterocycles. The number of aromatic nitrogens is 2. The van der Waals surface area contributed by atoms with Gasteiger partial charge in [0.25, 0.3) is 0 Å². The van der Waals surface area contributed by atoms with E-state index in [1.54, 1.807) is 18.3 Å². The zero-order chi connectivity index (χ0) is 41.5. The summed E-state index contributed by atoms with van der Waals surface area (Å²) in [5.74, 6) is -1.61. The zero-order valence-corrected chi connectivity index (χ0v) is 34.8. The van der Waals surface area contributed by atoms with Crippen molar-refractivity contribution in [2.24, 2.45) is 0 Å².